The molecule has 1 unspecified atom stereocenters. The molecule has 0 bridgehead atoms. The number of esters is 1. The van der Waals surface area contributed by atoms with E-state index in [-0.39, 0.29) is 5.41 Å². The fourth-order valence-electron chi connectivity index (χ4n) is 3.36. The normalized spacial score (nSPS) is 29.8. The lowest BCUT2D eigenvalue weighted by Gasteiger charge is -2.61. The summed E-state index contributed by atoms with van der Waals surface area (Å²) in [7, 11) is 0. The Hall–Kier alpha value is -0.860. The molecule has 1 spiro atoms. The summed E-state index contributed by atoms with van der Waals surface area (Å²) in [5.74, 6) is -1.69. The third kappa shape index (κ3) is 2.89. The summed E-state index contributed by atoms with van der Waals surface area (Å²) in [6.45, 7) is 3.95. The second-order valence-electron chi connectivity index (χ2n) is 6.21. The van der Waals surface area contributed by atoms with Crippen LogP contribution in [0.2, 0.25) is 0 Å². The molecule has 0 aromatic carbocycles. The smallest absolute Gasteiger partial charge is 0.439 e. The Morgan fingerprint density at radius 2 is 2.00 bits per heavy atom. The van der Waals surface area contributed by atoms with Crippen LogP contribution in [0.3, 0.4) is 0 Å². The van der Waals surface area contributed by atoms with Crippen LogP contribution in [0.25, 0.3) is 0 Å². The predicted octanol–water partition coefficient (Wildman–Crippen LogP) is 0.750. The van der Waals surface area contributed by atoms with Gasteiger partial charge >= 0.3 is 12.1 Å². The van der Waals surface area contributed by atoms with Crippen molar-refractivity contribution in [1.82, 2.24) is 10.2 Å². The molecule has 0 radical (unpaired) electrons. The minimum Gasteiger partial charge on any atom is -0.439 e. The molecule has 1 atom stereocenters. The molecule has 0 saturated carbocycles. The minimum absolute atomic E-state index is 0.327. The number of carbonyl (C=O) groups is 1. The molecule has 1 N–H and O–H groups in total. The van der Waals surface area contributed by atoms with Crippen LogP contribution in [-0.4, -0.2) is 62.7 Å². The number of nitrogens with one attached hydrogen (secondary N) is 1. The van der Waals surface area contributed by atoms with Crippen molar-refractivity contribution in [2.75, 3.05) is 39.4 Å². The molecule has 3 aliphatic rings. The Kier molecular flexibility index (Phi) is 3.87. The van der Waals surface area contributed by atoms with Gasteiger partial charge in [-0.25, -0.2) is 4.79 Å². The van der Waals surface area contributed by atoms with Crippen LogP contribution in [-0.2, 0) is 14.3 Å². The van der Waals surface area contributed by atoms with Crippen molar-refractivity contribution in [1.29, 1.82) is 0 Å². The average molecular weight is 308 g/mol. The lowest BCUT2D eigenvalue weighted by atomic mass is 9.71. The van der Waals surface area contributed by atoms with Gasteiger partial charge in [0.15, 0.2) is 6.23 Å². The Balaban J connectivity index is 1.60. The fraction of sp³-hybridized carbons (Fsp3) is 0.923. The maximum absolute atomic E-state index is 12.4. The largest absolute Gasteiger partial charge is 0.490 e. The molecule has 0 amide bonds. The summed E-state index contributed by atoms with van der Waals surface area (Å²) in [5, 5.41) is 3.05. The highest BCUT2D eigenvalue weighted by atomic mass is 19.4. The molecular weight excluding hydrogens is 289 g/mol. The highest BCUT2D eigenvalue weighted by molar-refractivity contribution is 5.75. The lowest BCUT2D eigenvalue weighted by Crippen LogP contribution is -2.78. The van der Waals surface area contributed by atoms with Crippen LogP contribution in [0.5, 0.6) is 0 Å². The first-order valence-corrected chi connectivity index (χ1v) is 7.21. The fourth-order valence-corrected chi connectivity index (χ4v) is 3.36. The third-order valence-corrected chi connectivity index (χ3v) is 4.61. The van der Waals surface area contributed by atoms with Gasteiger partial charge in [0.25, 0.3) is 0 Å². The van der Waals surface area contributed by atoms with Crippen LogP contribution in [0, 0.1) is 11.3 Å². The summed E-state index contributed by atoms with van der Waals surface area (Å²) in [6.07, 6.45) is -3.88. The quantitative estimate of drug-likeness (QED) is 0.780. The maximum Gasteiger partial charge on any atom is 0.490 e. The summed E-state index contributed by atoms with van der Waals surface area (Å²) >= 11 is 0. The first-order chi connectivity index (χ1) is 9.91. The van der Waals surface area contributed by atoms with E-state index in [2.05, 4.69) is 5.32 Å². The molecule has 21 heavy (non-hydrogen) atoms. The molecule has 0 aromatic heterocycles. The molecule has 0 aromatic rings. The van der Waals surface area contributed by atoms with Gasteiger partial charge in [0.05, 0.1) is 5.41 Å². The molecule has 3 fully saturated rings. The van der Waals surface area contributed by atoms with Crippen LogP contribution in [0.15, 0.2) is 0 Å². The van der Waals surface area contributed by atoms with Gasteiger partial charge in [-0.15, -0.1) is 0 Å². The summed E-state index contributed by atoms with van der Waals surface area (Å²) < 4.78 is 47.2. The van der Waals surface area contributed by atoms with Gasteiger partial charge in [-0.3, -0.25) is 4.90 Å². The number of hydrogen-bond acceptors (Lipinski definition) is 5. The first kappa shape index (κ1) is 15.1. The number of hydrogen-bond donors (Lipinski definition) is 1. The molecule has 3 rings (SSSR count). The van der Waals surface area contributed by atoms with E-state index in [9.17, 15) is 18.0 Å². The van der Waals surface area contributed by atoms with Gasteiger partial charge in [-0.1, -0.05) is 0 Å². The van der Waals surface area contributed by atoms with E-state index in [1.807, 2.05) is 4.90 Å². The maximum atomic E-state index is 12.4. The van der Waals surface area contributed by atoms with Crippen molar-refractivity contribution in [3.05, 3.63) is 0 Å². The molecule has 120 valence electrons. The monoisotopic (exact) mass is 308 g/mol. The zero-order valence-electron chi connectivity index (χ0n) is 11.6. The third-order valence-electron chi connectivity index (χ3n) is 4.61. The van der Waals surface area contributed by atoms with Crippen molar-refractivity contribution in [2.45, 2.75) is 25.2 Å². The van der Waals surface area contributed by atoms with Crippen molar-refractivity contribution in [2.24, 2.45) is 11.3 Å². The van der Waals surface area contributed by atoms with E-state index in [4.69, 9.17) is 9.47 Å². The van der Waals surface area contributed by atoms with E-state index in [0.717, 1.165) is 12.8 Å². The van der Waals surface area contributed by atoms with Crippen LogP contribution in [0.4, 0.5) is 13.2 Å². The average Bonchev–Trinajstić information content (AvgIpc) is 2.38. The van der Waals surface area contributed by atoms with Crippen molar-refractivity contribution in [3.63, 3.8) is 0 Å². The van der Waals surface area contributed by atoms with Gasteiger partial charge in [0.2, 0.25) is 0 Å². The Morgan fingerprint density at radius 1 is 1.33 bits per heavy atom. The zero-order valence-corrected chi connectivity index (χ0v) is 11.6. The minimum atomic E-state index is -4.93. The van der Waals surface area contributed by atoms with E-state index < -0.39 is 18.4 Å². The molecule has 3 heterocycles. The number of likely N-dealkylation sites (tertiary alicyclic amines) is 1. The van der Waals surface area contributed by atoms with E-state index in [0.29, 0.717) is 45.3 Å². The molecule has 8 heteroatoms. The van der Waals surface area contributed by atoms with Crippen molar-refractivity contribution in [3.8, 4) is 0 Å². The number of rotatable bonds is 3. The topological polar surface area (TPSA) is 50.8 Å². The number of alkyl halides is 3. The Bertz CT molecular complexity index is 406. The van der Waals surface area contributed by atoms with E-state index in [1.54, 1.807) is 0 Å². The predicted molar refractivity (Wildman–Crippen MR) is 66.4 cm³/mol. The first-order valence-electron chi connectivity index (χ1n) is 7.21. The van der Waals surface area contributed by atoms with Gasteiger partial charge in [0, 0.05) is 39.4 Å². The highest BCUT2D eigenvalue weighted by Crippen LogP contribution is 2.43. The van der Waals surface area contributed by atoms with Crippen LogP contribution >= 0.6 is 0 Å². The van der Waals surface area contributed by atoms with Crippen molar-refractivity contribution < 1.29 is 27.4 Å². The second kappa shape index (κ2) is 5.40. The summed E-state index contributed by atoms with van der Waals surface area (Å²) in [6, 6.07) is 0. The van der Waals surface area contributed by atoms with Gasteiger partial charge < -0.3 is 14.8 Å². The summed E-state index contributed by atoms with van der Waals surface area (Å²) in [4.78, 5) is 13.0. The van der Waals surface area contributed by atoms with Gasteiger partial charge in [0.1, 0.15) is 0 Å². The van der Waals surface area contributed by atoms with Gasteiger partial charge in [-0.2, -0.15) is 13.2 Å². The standard InChI is InChI=1S/C13H19F3N2O3/c14-13(15,16)11(19)21-10-12(6-17-7-12)8-18(10)5-9-1-3-20-4-2-9/h9-10,17H,1-8H2. The molecule has 0 aliphatic carbocycles. The SMILES string of the molecule is O=C(OC1N(CC2CCOCC2)CC12CNC2)C(F)(F)F. The number of carbonyl (C=O) groups excluding carboxylic acids is 1. The molecule has 3 aliphatic heterocycles. The van der Waals surface area contributed by atoms with E-state index in [1.165, 1.54) is 0 Å². The van der Waals surface area contributed by atoms with E-state index >= 15 is 0 Å². The number of halogens is 3. The molecule has 5 nitrogen and oxygen atoms in total. The Morgan fingerprint density at radius 3 is 2.52 bits per heavy atom. The second-order valence-corrected chi connectivity index (χ2v) is 6.21. The lowest BCUT2D eigenvalue weighted by molar-refractivity contribution is -0.263. The summed E-state index contributed by atoms with van der Waals surface area (Å²) in [5.41, 5.74) is -0.327. The van der Waals surface area contributed by atoms with Crippen molar-refractivity contribution >= 4 is 5.97 Å². The van der Waals surface area contributed by atoms with Crippen LogP contribution < -0.4 is 5.32 Å². The molecule has 3 saturated heterocycles. The van der Waals surface area contributed by atoms with Gasteiger partial charge in [-0.05, 0) is 18.8 Å². The number of ether oxygens (including phenoxy) is 2. The number of nitrogens with zero attached hydrogens (tertiary/aromatic N) is 1. The van der Waals surface area contributed by atoms with Crippen LogP contribution in [0.1, 0.15) is 12.8 Å². The Labute approximate surface area is 120 Å². The molecular formula is C13H19F3N2O3. The highest BCUT2D eigenvalue weighted by Gasteiger charge is 2.60. The zero-order chi connectivity index (χ0) is 15.1.